The van der Waals surface area contributed by atoms with Gasteiger partial charge >= 0.3 is 0 Å². The molecule has 1 heterocycles. The van der Waals surface area contributed by atoms with Crippen molar-refractivity contribution in [1.29, 1.82) is 0 Å². The first-order valence-electron chi connectivity index (χ1n) is 20.6. The van der Waals surface area contributed by atoms with E-state index in [0.717, 1.165) is 28.3 Å². The molecule has 0 aliphatic carbocycles. The summed E-state index contributed by atoms with van der Waals surface area (Å²) in [6, 6.07) is 87.9. The van der Waals surface area contributed by atoms with Gasteiger partial charge in [0.2, 0.25) is 0 Å². The van der Waals surface area contributed by atoms with Crippen molar-refractivity contribution in [1.82, 2.24) is 4.57 Å². The van der Waals surface area contributed by atoms with Gasteiger partial charge in [0, 0.05) is 33.4 Å². The summed E-state index contributed by atoms with van der Waals surface area (Å²) in [5, 5.41) is 4.93. The number of anilines is 3. The van der Waals surface area contributed by atoms with E-state index >= 15 is 0 Å². The van der Waals surface area contributed by atoms with Gasteiger partial charge in [0.05, 0.1) is 16.7 Å². The molecule has 0 aliphatic rings. The van der Waals surface area contributed by atoms with E-state index in [1.165, 1.54) is 71.6 Å². The van der Waals surface area contributed by atoms with Gasteiger partial charge in [0.1, 0.15) is 0 Å². The summed E-state index contributed by atoms with van der Waals surface area (Å²) in [5.74, 6) is 0. The molecule has 11 aromatic rings. The lowest BCUT2D eigenvalue weighted by molar-refractivity contribution is 1.18. The maximum Gasteiger partial charge on any atom is 0.0562 e. The van der Waals surface area contributed by atoms with Crippen molar-refractivity contribution >= 4 is 49.6 Å². The quantitative estimate of drug-likeness (QED) is 0.150. The second-order valence-electron chi connectivity index (χ2n) is 15.3. The van der Waals surface area contributed by atoms with Crippen LogP contribution in [-0.4, -0.2) is 4.57 Å². The van der Waals surface area contributed by atoms with E-state index in [0.29, 0.717) is 0 Å². The molecule has 0 spiro atoms. The van der Waals surface area contributed by atoms with Crippen LogP contribution in [-0.2, 0) is 0 Å². The number of nitrogens with zero attached hydrogens (tertiary/aromatic N) is 2. The van der Waals surface area contributed by atoms with Gasteiger partial charge in [-0.1, -0.05) is 188 Å². The SMILES string of the molecule is c1ccc(-c2ccc(-c3cccc4c3c3ccc(N(c5cccc(-c6ccc7ccccc7c6)c5)c5ccccc5-c5ccccc5)cc3n4-c3ccccc3)cc2)cc1. The summed E-state index contributed by atoms with van der Waals surface area (Å²) in [6.07, 6.45) is 0. The molecule has 60 heavy (non-hydrogen) atoms. The summed E-state index contributed by atoms with van der Waals surface area (Å²) >= 11 is 0. The van der Waals surface area contributed by atoms with Crippen molar-refractivity contribution in [2.45, 2.75) is 0 Å². The Kier molecular flexibility index (Phi) is 8.87. The van der Waals surface area contributed by atoms with Crippen LogP contribution in [0.2, 0.25) is 0 Å². The zero-order chi connectivity index (χ0) is 39.8. The highest BCUT2D eigenvalue weighted by molar-refractivity contribution is 6.16. The van der Waals surface area contributed by atoms with Crippen LogP contribution in [0.25, 0.3) is 82.8 Å². The molecule has 0 radical (unpaired) electrons. The van der Waals surface area contributed by atoms with Crippen LogP contribution in [0.3, 0.4) is 0 Å². The Hall–Kier alpha value is -7.94. The van der Waals surface area contributed by atoms with Crippen molar-refractivity contribution in [3.63, 3.8) is 0 Å². The number of benzene rings is 10. The van der Waals surface area contributed by atoms with Crippen LogP contribution >= 0.6 is 0 Å². The molecule has 1 aromatic heterocycles. The summed E-state index contributed by atoms with van der Waals surface area (Å²) in [4.78, 5) is 2.43. The van der Waals surface area contributed by atoms with Crippen molar-refractivity contribution < 1.29 is 0 Å². The molecule has 0 saturated carbocycles. The van der Waals surface area contributed by atoms with E-state index in [4.69, 9.17) is 0 Å². The number of aromatic nitrogens is 1. The monoisotopic (exact) mass is 764 g/mol. The second kappa shape index (κ2) is 15.1. The van der Waals surface area contributed by atoms with E-state index in [1.807, 2.05) is 0 Å². The Balaban J connectivity index is 1.13. The maximum absolute atomic E-state index is 2.43. The molecule has 0 unspecified atom stereocenters. The van der Waals surface area contributed by atoms with Crippen molar-refractivity contribution in [3.8, 4) is 50.2 Å². The number of hydrogen-bond donors (Lipinski definition) is 0. The van der Waals surface area contributed by atoms with Crippen molar-refractivity contribution in [2.75, 3.05) is 4.90 Å². The minimum atomic E-state index is 1.08. The Bertz CT molecular complexity index is 3290. The van der Waals surface area contributed by atoms with Crippen LogP contribution < -0.4 is 4.90 Å². The number of para-hydroxylation sites is 2. The van der Waals surface area contributed by atoms with Gasteiger partial charge in [-0.05, 0) is 104 Å². The highest BCUT2D eigenvalue weighted by Crippen LogP contribution is 2.45. The van der Waals surface area contributed by atoms with E-state index in [2.05, 4.69) is 252 Å². The minimum absolute atomic E-state index is 1.08. The molecule has 0 bridgehead atoms. The highest BCUT2D eigenvalue weighted by atomic mass is 15.1. The molecule has 0 fully saturated rings. The van der Waals surface area contributed by atoms with E-state index in [1.54, 1.807) is 0 Å². The molecule has 282 valence electrons. The molecule has 0 atom stereocenters. The summed E-state index contributed by atoms with van der Waals surface area (Å²) in [5.41, 5.74) is 16.3. The molecular weight excluding hydrogens is 725 g/mol. The van der Waals surface area contributed by atoms with Gasteiger partial charge in [-0.25, -0.2) is 0 Å². The van der Waals surface area contributed by atoms with Crippen LogP contribution in [0, 0.1) is 0 Å². The predicted molar refractivity (Wildman–Crippen MR) is 255 cm³/mol. The Labute approximate surface area is 350 Å². The third-order valence-corrected chi connectivity index (χ3v) is 11.8. The third-order valence-electron chi connectivity index (χ3n) is 11.8. The third kappa shape index (κ3) is 6.32. The fraction of sp³-hybridized carbons (Fsp3) is 0. The first kappa shape index (κ1) is 35.2. The molecule has 0 amide bonds. The van der Waals surface area contributed by atoms with Crippen molar-refractivity contribution in [3.05, 3.63) is 243 Å². The van der Waals surface area contributed by atoms with Crippen LogP contribution in [0.4, 0.5) is 17.1 Å². The van der Waals surface area contributed by atoms with Crippen LogP contribution in [0.5, 0.6) is 0 Å². The standard InChI is InChI=1S/C58H40N2/c1-4-16-41(17-5-1)43-30-33-45(34-31-43)53-27-15-29-56-58(53)54-37-36-51(40-57(54)60(56)49-23-8-3-9-24-49)59(55-28-13-12-26-52(55)44-19-6-2-7-20-44)50-25-14-22-47(39-50)48-35-32-42-18-10-11-21-46(42)38-48/h1-40H. The van der Waals surface area contributed by atoms with Gasteiger partial charge in [0.25, 0.3) is 0 Å². The van der Waals surface area contributed by atoms with Crippen molar-refractivity contribution in [2.24, 2.45) is 0 Å². The van der Waals surface area contributed by atoms with E-state index in [9.17, 15) is 0 Å². The predicted octanol–water partition coefficient (Wildman–Crippen LogP) is 16.1. The topological polar surface area (TPSA) is 8.17 Å². The van der Waals surface area contributed by atoms with Gasteiger partial charge in [-0.3, -0.25) is 0 Å². The Morgan fingerprint density at radius 2 is 0.850 bits per heavy atom. The lowest BCUT2D eigenvalue weighted by atomic mass is 9.96. The largest absolute Gasteiger partial charge is 0.310 e. The van der Waals surface area contributed by atoms with Gasteiger partial charge in [0.15, 0.2) is 0 Å². The molecule has 10 aromatic carbocycles. The van der Waals surface area contributed by atoms with E-state index in [-0.39, 0.29) is 0 Å². The normalized spacial score (nSPS) is 11.3. The molecule has 2 heteroatoms. The zero-order valence-corrected chi connectivity index (χ0v) is 33.0. The number of hydrogen-bond acceptors (Lipinski definition) is 1. The van der Waals surface area contributed by atoms with Gasteiger partial charge in [-0.15, -0.1) is 0 Å². The molecule has 2 nitrogen and oxygen atoms in total. The fourth-order valence-corrected chi connectivity index (χ4v) is 8.91. The minimum Gasteiger partial charge on any atom is -0.310 e. The van der Waals surface area contributed by atoms with Gasteiger partial charge < -0.3 is 9.47 Å². The highest BCUT2D eigenvalue weighted by Gasteiger charge is 2.22. The first-order valence-corrected chi connectivity index (χ1v) is 20.6. The summed E-state index contributed by atoms with van der Waals surface area (Å²) in [7, 11) is 0. The van der Waals surface area contributed by atoms with Crippen LogP contribution in [0.1, 0.15) is 0 Å². The first-order chi connectivity index (χ1) is 29.8. The smallest absolute Gasteiger partial charge is 0.0562 e. The van der Waals surface area contributed by atoms with E-state index < -0.39 is 0 Å². The maximum atomic E-state index is 2.43. The fourth-order valence-electron chi connectivity index (χ4n) is 8.91. The summed E-state index contributed by atoms with van der Waals surface area (Å²) in [6.45, 7) is 0. The lowest BCUT2D eigenvalue weighted by Gasteiger charge is -2.28. The lowest BCUT2D eigenvalue weighted by Crippen LogP contribution is -2.11. The Morgan fingerprint density at radius 3 is 1.65 bits per heavy atom. The Morgan fingerprint density at radius 1 is 0.300 bits per heavy atom. The average Bonchev–Trinajstić information content (AvgIpc) is 3.66. The molecule has 11 rings (SSSR count). The number of fused-ring (bicyclic) bond motifs is 4. The number of rotatable bonds is 8. The molecule has 0 N–H and O–H groups in total. The van der Waals surface area contributed by atoms with Gasteiger partial charge in [-0.2, -0.15) is 0 Å². The second-order valence-corrected chi connectivity index (χ2v) is 15.3. The zero-order valence-electron chi connectivity index (χ0n) is 33.0. The molecular formula is C58H40N2. The molecule has 0 aliphatic heterocycles. The molecule has 0 saturated heterocycles. The average molecular weight is 765 g/mol. The summed E-state index contributed by atoms with van der Waals surface area (Å²) < 4.78 is 2.43. The van der Waals surface area contributed by atoms with Crippen LogP contribution in [0.15, 0.2) is 243 Å².